The SMILES string of the molecule is CC(=O)c1ccc(N2CCN(C(=O)CCCc3nc4ccccc4c(=O)[nH]3)CC2)cc1. The number of carbonyl (C=O) groups excluding carboxylic acids is 2. The van der Waals surface area contributed by atoms with Gasteiger partial charge < -0.3 is 14.8 Å². The Kier molecular flexibility index (Phi) is 6.11. The molecule has 0 unspecified atom stereocenters. The highest BCUT2D eigenvalue weighted by molar-refractivity contribution is 5.94. The first-order valence-electron chi connectivity index (χ1n) is 10.6. The second-order valence-corrected chi connectivity index (χ2v) is 7.85. The normalized spacial score (nSPS) is 14.1. The molecular formula is C24H26N4O3. The molecule has 1 aliphatic rings. The number of aryl methyl sites for hydroxylation is 1. The molecule has 1 amide bonds. The van der Waals surface area contributed by atoms with Crippen molar-refractivity contribution >= 4 is 28.3 Å². The molecule has 160 valence electrons. The molecule has 4 rings (SSSR count). The van der Waals surface area contributed by atoms with Gasteiger partial charge in [-0.25, -0.2) is 4.98 Å². The Bertz CT molecular complexity index is 1150. The van der Waals surface area contributed by atoms with E-state index in [4.69, 9.17) is 0 Å². The molecule has 2 aromatic carbocycles. The van der Waals surface area contributed by atoms with Crippen molar-refractivity contribution in [1.82, 2.24) is 14.9 Å². The molecule has 1 fully saturated rings. The van der Waals surface area contributed by atoms with Gasteiger partial charge in [-0.15, -0.1) is 0 Å². The molecule has 7 heteroatoms. The number of hydrogen-bond donors (Lipinski definition) is 1. The van der Waals surface area contributed by atoms with E-state index in [-0.39, 0.29) is 17.2 Å². The number of para-hydroxylation sites is 1. The molecule has 1 aliphatic heterocycles. The van der Waals surface area contributed by atoms with E-state index < -0.39 is 0 Å². The van der Waals surface area contributed by atoms with Crippen molar-refractivity contribution in [3.63, 3.8) is 0 Å². The standard InChI is InChI=1S/C24H26N4O3/c1-17(29)18-9-11-19(12-10-18)27-13-15-28(16-14-27)23(30)8-4-7-22-25-21-6-3-2-5-20(21)24(31)26-22/h2-3,5-6,9-12H,4,7-8,13-16H2,1H3,(H,25,26,31). The third kappa shape index (κ3) is 4.82. The van der Waals surface area contributed by atoms with Crippen molar-refractivity contribution in [1.29, 1.82) is 0 Å². The van der Waals surface area contributed by atoms with E-state index >= 15 is 0 Å². The number of fused-ring (bicyclic) bond motifs is 1. The number of ketones is 1. The van der Waals surface area contributed by atoms with Gasteiger partial charge in [-0.05, 0) is 49.7 Å². The minimum atomic E-state index is -0.139. The van der Waals surface area contributed by atoms with Gasteiger partial charge in [0.15, 0.2) is 5.78 Å². The number of nitrogens with zero attached hydrogens (tertiary/aromatic N) is 3. The molecule has 1 aromatic heterocycles. The second-order valence-electron chi connectivity index (χ2n) is 7.85. The molecule has 7 nitrogen and oxygen atoms in total. The maximum atomic E-state index is 12.6. The molecule has 0 aliphatic carbocycles. The van der Waals surface area contributed by atoms with Crippen molar-refractivity contribution < 1.29 is 9.59 Å². The van der Waals surface area contributed by atoms with Gasteiger partial charge in [0.2, 0.25) is 5.91 Å². The maximum Gasteiger partial charge on any atom is 0.258 e. The Labute approximate surface area is 180 Å². The highest BCUT2D eigenvalue weighted by atomic mass is 16.2. The first kappa shape index (κ1) is 20.8. The Morgan fingerprint density at radius 2 is 1.71 bits per heavy atom. The summed E-state index contributed by atoms with van der Waals surface area (Å²) >= 11 is 0. The Hall–Kier alpha value is -3.48. The zero-order valence-electron chi connectivity index (χ0n) is 17.6. The fourth-order valence-electron chi connectivity index (χ4n) is 3.94. The summed E-state index contributed by atoms with van der Waals surface area (Å²) in [4.78, 5) is 47.6. The van der Waals surface area contributed by atoms with E-state index in [0.29, 0.717) is 54.6 Å². The number of benzene rings is 2. The van der Waals surface area contributed by atoms with Gasteiger partial charge in [-0.3, -0.25) is 14.4 Å². The lowest BCUT2D eigenvalue weighted by atomic mass is 10.1. The lowest BCUT2D eigenvalue weighted by molar-refractivity contribution is -0.131. The molecule has 1 saturated heterocycles. The zero-order valence-corrected chi connectivity index (χ0v) is 17.6. The van der Waals surface area contributed by atoms with Crippen LogP contribution < -0.4 is 10.5 Å². The lowest BCUT2D eigenvalue weighted by Gasteiger charge is -2.36. The summed E-state index contributed by atoms with van der Waals surface area (Å²) in [5, 5.41) is 0.580. The Balaban J connectivity index is 1.27. The van der Waals surface area contributed by atoms with Crippen LogP contribution in [-0.4, -0.2) is 52.7 Å². The average Bonchev–Trinajstić information content (AvgIpc) is 2.79. The molecule has 3 aromatic rings. The highest BCUT2D eigenvalue weighted by Crippen LogP contribution is 2.18. The Morgan fingerprint density at radius 1 is 1.00 bits per heavy atom. The van der Waals surface area contributed by atoms with Gasteiger partial charge in [-0.2, -0.15) is 0 Å². The van der Waals surface area contributed by atoms with Gasteiger partial charge in [0.05, 0.1) is 10.9 Å². The summed E-state index contributed by atoms with van der Waals surface area (Å²) in [6.45, 7) is 4.46. The number of anilines is 1. The first-order chi connectivity index (χ1) is 15.0. The number of amides is 1. The minimum Gasteiger partial charge on any atom is -0.368 e. The third-order valence-corrected chi connectivity index (χ3v) is 5.74. The number of piperazine rings is 1. The quantitative estimate of drug-likeness (QED) is 0.622. The van der Waals surface area contributed by atoms with E-state index in [1.807, 2.05) is 47.4 Å². The van der Waals surface area contributed by atoms with Crippen molar-refractivity contribution in [3.8, 4) is 0 Å². The number of aromatic amines is 1. The van der Waals surface area contributed by atoms with E-state index in [2.05, 4.69) is 14.9 Å². The first-order valence-corrected chi connectivity index (χ1v) is 10.6. The summed E-state index contributed by atoms with van der Waals surface area (Å²) in [6.07, 6.45) is 1.64. The molecule has 0 atom stereocenters. The van der Waals surface area contributed by atoms with Crippen LogP contribution in [0.3, 0.4) is 0 Å². The Morgan fingerprint density at radius 3 is 2.42 bits per heavy atom. The van der Waals surface area contributed by atoms with E-state index in [1.165, 1.54) is 0 Å². The van der Waals surface area contributed by atoms with Crippen LogP contribution in [0.25, 0.3) is 10.9 Å². The number of carbonyl (C=O) groups is 2. The zero-order chi connectivity index (χ0) is 21.8. The predicted octanol–water partition coefficient (Wildman–Crippen LogP) is 2.80. The highest BCUT2D eigenvalue weighted by Gasteiger charge is 2.21. The van der Waals surface area contributed by atoms with Crippen LogP contribution >= 0.6 is 0 Å². The number of aromatic nitrogens is 2. The summed E-state index contributed by atoms with van der Waals surface area (Å²) in [5.41, 5.74) is 2.32. The van der Waals surface area contributed by atoms with Gasteiger partial charge in [-0.1, -0.05) is 12.1 Å². The monoisotopic (exact) mass is 418 g/mol. The molecule has 0 spiro atoms. The average molecular weight is 418 g/mol. The van der Waals surface area contributed by atoms with Crippen molar-refractivity contribution in [2.24, 2.45) is 0 Å². The number of nitrogens with one attached hydrogen (secondary N) is 1. The van der Waals surface area contributed by atoms with Gasteiger partial charge >= 0.3 is 0 Å². The molecule has 2 heterocycles. The van der Waals surface area contributed by atoms with E-state index in [0.717, 1.165) is 18.8 Å². The van der Waals surface area contributed by atoms with E-state index in [1.54, 1.807) is 13.0 Å². The lowest BCUT2D eigenvalue weighted by Crippen LogP contribution is -2.48. The van der Waals surface area contributed by atoms with Crippen LogP contribution in [0, 0.1) is 0 Å². The minimum absolute atomic E-state index is 0.0601. The van der Waals surface area contributed by atoms with Crippen LogP contribution in [0.5, 0.6) is 0 Å². The van der Waals surface area contributed by atoms with Gasteiger partial charge in [0.25, 0.3) is 5.56 Å². The van der Waals surface area contributed by atoms with Crippen molar-refractivity contribution in [3.05, 3.63) is 70.3 Å². The predicted molar refractivity (Wildman–Crippen MR) is 121 cm³/mol. The second kappa shape index (κ2) is 9.12. The number of H-pyrrole nitrogens is 1. The van der Waals surface area contributed by atoms with Crippen LogP contribution in [0.1, 0.15) is 35.9 Å². The fraction of sp³-hybridized carbons (Fsp3) is 0.333. The smallest absolute Gasteiger partial charge is 0.258 e. The van der Waals surface area contributed by atoms with Crippen molar-refractivity contribution in [2.45, 2.75) is 26.2 Å². The fourth-order valence-corrected chi connectivity index (χ4v) is 3.94. The van der Waals surface area contributed by atoms with Gasteiger partial charge in [0.1, 0.15) is 5.82 Å². The number of hydrogen-bond acceptors (Lipinski definition) is 5. The van der Waals surface area contributed by atoms with Crippen molar-refractivity contribution in [2.75, 3.05) is 31.1 Å². The number of Topliss-reactive ketones (excluding diaryl/α,β-unsaturated/α-hetero) is 1. The molecule has 0 saturated carbocycles. The largest absolute Gasteiger partial charge is 0.368 e. The molecule has 31 heavy (non-hydrogen) atoms. The molecule has 0 radical (unpaired) electrons. The number of rotatable bonds is 6. The summed E-state index contributed by atoms with van der Waals surface area (Å²) in [5.74, 6) is 0.815. The molecular weight excluding hydrogens is 392 g/mol. The third-order valence-electron chi connectivity index (χ3n) is 5.74. The van der Waals surface area contributed by atoms with Gasteiger partial charge in [0, 0.05) is 50.3 Å². The molecule has 0 bridgehead atoms. The molecule has 1 N–H and O–H groups in total. The van der Waals surface area contributed by atoms with Crippen LogP contribution in [0.2, 0.25) is 0 Å². The van der Waals surface area contributed by atoms with Crippen LogP contribution in [0.4, 0.5) is 5.69 Å². The topological polar surface area (TPSA) is 86.4 Å². The van der Waals surface area contributed by atoms with Crippen LogP contribution in [-0.2, 0) is 11.2 Å². The van der Waals surface area contributed by atoms with Crippen LogP contribution in [0.15, 0.2) is 53.3 Å². The summed E-state index contributed by atoms with van der Waals surface area (Å²) in [7, 11) is 0. The summed E-state index contributed by atoms with van der Waals surface area (Å²) < 4.78 is 0. The maximum absolute atomic E-state index is 12.6. The summed E-state index contributed by atoms with van der Waals surface area (Å²) in [6, 6.07) is 14.9. The van der Waals surface area contributed by atoms with E-state index in [9.17, 15) is 14.4 Å².